The van der Waals surface area contributed by atoms with Gasteiger partial charge in [-0.3, -0.25) is 4.79 Å². The van der Waals surface area contributed by atoms with Crippen molar-refractivity contribution in [2.75, 3.05) is 20.6 Å². The predicted octanol–water partition coefficient (Wildman–Crippen LogP) is 2.33. The van der Waals surface area contributed by atoms with Crippen LogP contribution >= 0.6 is 0 Å². The highest BCUT2D eigenvalue weighted by Crippen LogP contribution is 2.18. The number of aromatic nitrogens is 1. The number of aryl methyl sites for hydroxylation is 2. The van der Waals surface area contributed by atoms with Crippen LogP contribution in [0.3, 0.4) is 0 Å². The third kappa shape index (κ3) is 4.70. The van der Waals surface area contributed by atoms with E-state index in [2.05, 4.69) is 40.5 Å². The van der Waals surface area contributed by atoms with Gasteiger partial charge in [0.15, 0.2) is 0 Å². The van der Waals surface area contributed by atoms with Crippen LogP contribution in [0.5, 0.6) is 0 Å². The number of likely N-dealkylation sites (N-methyl/N-ethyl adjacent to an activating group) is 1. The van der Waals surface area contributed by atoms with Crippen molar-refractivity contribution >= 4 is 5.91 Å². The molecular formula is C17H23N3O2. The molecule has 1 atom stereocenters. The molecule has 22 heavy (non-hydrogen) atoms. The molecule has 1 amide bonds. The summed E-state index contributed by atoms with van der Waals surface area (Å²) in [6, 6.07) is 10.3. The Bertz CT molecular complexity index is 594. The van der Waals surface area contributed by atoms with Gasteiger partial charge in [0.25, 0.3) is 0 Å². The van der Waals surface area contributed by atoms with E-state index in [9.17, 15) is 4.79 Å². The van der Waals surface area contributed by atoms with Crippen LogP contribution in [0.4, 0.5) is 0 Å². The van der Waals surface area contributed by atoms with Crippen LogP contribution in [0.2, 0.25) is 0 Å². The lowest BCUT2D eigenvalue weighted by molar-refractivity contribution is -0.121. The standard InChI is InChI=1S/C17H23N3O2/c1-13-5-4-6-14(11-13)16(20(2)3)12-18-17(21)8-7-15-9-10-19-22-15/h4-6,9-11,16H,7-8,12H2,1-3H3,(H,18,21)/t16-/m1/s1. The number of hydrogen-bond donors (Lipinski definition) is 1. The lowest BCUT2D eigenvalue weighted by atomic mass is 10.0. The zero-order chi connectivity index (χ0) is 15.9. The molecule has 0 aliphatic heterocycles. The maximum atomic E-state index is 12.0. The van der Waals surface area contributed by atoms with E-state index in [1.807, 2.05) is 20.2 Å². The van der Waals surface area contributed by atoms with Crippen LogP contribution in [0.15, 0.2) is 41.1 Å². The SMILES string of the molecule is Cc1cccc([C@@H](CNC(=O)CCc2ccno2)N(C)C)c1. The fraction of sp³-hybridized carbons (Fsp3) is 0.412. The van der Waals surface area contributed by atoms with Gasteiger partial charge in [0, 0.05) is 25.5 Å². The lowest BCUT2D eigenvalue weighted by Gasteiger charge is -2.25. The number of amides is 1. The predicted molar refractivity (Wildman–Crippen MR) is 85.4 cm³/mol. The van der Waals surface area contributed by atoms with Crippen LogP contribution in [0, 0.1) is 6.92 Å². The second kappa shape index (κ2) is 7.75. The van der Waals surface area contributed by atoms with Crippen LogP contribution in [-0.2, 0) is 11.2 Å². The van der Waals surface area contributed by atoms with Crippen molar-refractivity contribution in [3.8, 4) is 0 Å². The molecule has 0 saturated heterocycles. The molecule has 0 spiro atoms. The Balaban J connectivity index is 1.87. The first-order valence-corrected chi connectivity index (χ1v) is 7.45. The summed E-state index contributed by atoms with van der Waals surface area (Å²) in [5.41, 5.74) is 2.43. The van der Waals surface area contributed by atoms with Gasteiger partial charge in [-0.1, -0.05) is 35.0 Å². The first kappa shape index (κ1) is 16.2. The number of hydrogen-bond acceptors (Lipinski definition) is 4. The molecule has 0 bridgehead atoms. The second-order valence-electron chi connectivity index (χ2n) is 5.68. The average Bonchev–Trinajstić information content (AvgIpc) is 2.98. The fourth-order valence-corrected chi connectivity index (χ4v) is 2.38. The quantitative estimate of drug-likeness (QED) is 0.853. The van der Waals surface area contributed by atoms with Crippen molar-refractivity contribution < 1.29 is 9.32 Å². The molecule has 1 N–H and O–H groups in total. The zero-order valence-corrected chi connectivity index (χ0v) is 13.4. The monoisotopic (exact) mass is 301 g/mol. The van der Waals surface area contributed by atoms with Gasteiger partial charge in [0.1, 0.15) is 5.76 Å². The molecule has 0 aliphatic rings. The van der Waals surface area contributed by atoms with Crippen molar-refractivity contribution in [2.45, 2.75) is 25.8 Å². The number of carbonyl (C=O) groups excluding carboxylic acids is 1. The number of benzene rings is 1. The van der Waals surface area contributed by atoms with Crippen molar-refractivity contribution in [2.24, 2.45) is 0 Å². The van der Waals surface area contributed by atoms with Crippen molar-refractivity contribution in [3.63, 3.8) is 0 Å². The van der Waals surface area contributed by atoms with Gasteiger partial charge in [-0.05, 0) is 26.6 Å². The minimum atomic E-state index is 0.0240. The molecule has 0 saturated carbocycles. The van der Waals surface area contributed by atoms with Crippen LogP contribution in [0.25, 0.3) is 0 Å². The van der Waals surface area contributed by atoms with E-state index >= 15 is 0 Å². The van der Waals surface area contributed by atoms with Gasteiger partial charge < -0.3 is 14.7 Å². The van der Waals surface area contributed by atoms with Gasteiger partial charge >= 0.3 is 0 Å². The van der Waals surface area contributed by atoms with E-state index < -0.39 is 0 Å². The molecular weight excluding hydrogens is 278 g/mol. The Morgan fingerprint density at radius 2 is 2.18 bits per heavy atom. The summed E-state index contributed by atoms with van der Waals surface area (Å²) < 4.78 is 4.99. The highest BCUT2D eigenvalue weighted by atomic mass is 16.5. The van der Waals surface area contributed by atoms with E-state index in [1.165, 1.54) is 11.1 Å². The van der Waals surface area contributed by atoms with Crippen molar-refractivity contribution in [3.05, 3.63) is 53.4 Å². The van der Waals surface area contributed by atoms with Gasteiger partial charge in [0.2, 0.25) is 5.91 Å². The Labute approximate surface area is 131 Å². The molecule has 1 heterocycles. The number of rotatable bonds is 7. The number of nitrogens with one attached hydrogen (secondary N) is 1. The highest BCUT2D eigenvalue weighted by Gasteiger charge is 2.15. The van der Waals surface area contributed by atoms with E-state index in [4.69, 9.17) is 4.52 Å². The normalized spacial score (nSPS) is 12.4. The van der Waals surface area contributed by atoms with E-state index in [-0.39, 0.29) is 11.9 Å². The molecule has 1 aromatic carbocycles. The third-order valence-electron chi connectivity index (χ3n) is 3.63. The number of nitrogens with zero attached hydrogens (tertiary/aromatic N) is 2. The Kier molecular flexibility index (Phi) is 5.72. The summed E-state index contributed by atoms with van der Waals surface area (Å²) in [7, 11) is 4.04. The molecule has 5 nitrogen and oxygen atoms in total. The summed E-state index contributed by atoms with van der Waals surface area (Å²) >= 11 is 0. The molecule has 2 rings (SSSR count). The smallest absolute Gasteiger partial charge is 0.220 e. The molecule has 5 heteroatoms. The average molecular weight is 301 g/mol. The summed E-state index contributed by atoms with van der Waals surface area (Å²) in [4.78, 5) is 14.1. The molecule has 2 aromatic rings. The molecule has 0 aliphatic carbocycles. The van der Waals surface area contributed by atoms with Crippen LogP contribution in [0.1, 0.15) is 29.3 Å². The first-order chi connectivity index (χ1) is 10.6. The van der Waals surface area contributed by atoms with Gasteiger partial charge in [-0.15, -0.1) is 0 Å². The van der Waals surface area contributed by atoms with Gasteiger partial charge in [-0.25, -0.2) is 0 Å². The fourth-order valence-electron chi connectivity index (χ4n) is 2.38. The Hall–Kier alpha value is -2.14. The van der Waals surface area contributed by atoms with Crippen LogP contribution < -0.4 is 5.32 Å². The summed E-state index contributed by atoms with van der Waals surface area (Å²) in [5.74, 6) is 0.758. The molecule has 0 unspecified atom stereocenters. The van der Waals surface area contributed by atoms with Crippen molar-refractivity contribution in [1.29, 1.82) is 0 Å². The van der Waals surface area contributed by atoms with E-state index in [0.717, 1.165) is 5.76 Å². The molecule has 0 radical (unpaired) electrons. The number of carbonyl (C=O) groups is 1. The van der Waals surface area contributed by atoms with Crippen molar-refractivity contribution in [1.82, 2.24) is 15.4 Å². The minimum Gasteiger partial charge on any atom is -0.361 e. The maximum Gasteiger partial charge on any atom is 0.220 e. The molecule has 118 valence electrons. The summed E-state index contributed by atoms with van der Waals surface area (Å²) in [6.07, 6.45) is 2.57. The zero-order valence-electron chi connectivity index (χ0n) is 13.4. The highest BCUT2D eigenvalue weighted by molar-refractivity contribution is 5.76. The maximum absolute atomic E-state index is 12.0. The Morgan fingerprint density at radius 1 is 1.36 bits per heavy atom. The van der Waals surface area contributed by atoms with Gasteiger partial charge in [-0.2, -0.15) is 0 Å². The van der Waals surface area contributed by atoms with Crippen LogP contribution in [-0.4, -0.2) is 36.6 Å². The topological polar surface area (TPSA) is 58.4 Å². The second-order valence-corrected chi connectivity index (χ2v) is 5.68. The lowest BCUT2D eigenvalue weighted by Crippen LogP contribution is -2.34. The molecule has 1 aromatic heterocycles. The van der Waals surface area contributed by atoms with E-state index in [0.29, 0.717) is 19.4 Å². The summed E-state index contributed by atoms with van der Waals surface area (Å²) in [6.45, 7) is 2.66. The Morgan fingerprint density at radius 3 is 2.82 bits per heavy atom. The largest absolute Gasteiger partial charge is 0.361 e. The minimum absolute atomic E-state index is 0.0240. The van der Waals surface area contributed by atoms with E-state index in [1.54, 1.807) is 12.3 Å². The molecule has 0 fully saturated rings. The third-order valence-corrected chi connectivity index (χ3v) is 3.63. The van der Waals surface area contributed by atoms with Gasteiger partial charge in [0.05, 0.1) is 12.2 Å². The first-order valence-electron chi connectivity index (χ1n) is 7.45. The summed E-state index contributed by atoms with van der Waals surface area (Å²) in [5, 5.41) is 6.63.